The van der Waals surface area contributed by atoms with Crippen molar-refractivity contribution in [3.05, 3.63) is 58.9 Å². The van der Waals surface area contributed by atoms with E-state index in [-0.39, 0.29) is 5.41 Å². The molecule has 5 rings (SSSR count). The number of benzene rings is 1. The first-order chi connectivity index (χ1) is 16.7. The topological polar surface area (TPSA) is 46.8 Å². The van der Waals surface area contributed by atoms with Gasteiger partial charge in [-0.05, 0) is 87.4 Å². The highest BCUT2D eigenvalue weighted by atomic mass is 32.2. The van der Waals surface area contributed by atoms with Gasteiger partial charge in [-0.15, -0.1) is 10.2 Å². The maximum absolute atomic E-state index is 12.8. The average Bonchev–Trinajstić information content (AvgIpc) is 3.16. The monoisotopic (exact) mass is 501 g/mol. The quantitative estimate of drug-likeness (QED) is 0.299. The SMILES string of the molecule is Cc1ccc(-c2nnc(SCCCN3CCC4(CC4c4ccc(C(F)(F)F)cc4)C3)n2C)c(C)n1. The normalized spacial score (nSPS) is 22.3. The van der Waals surface area contributed by atoms with E-state index in [2.05, 4.69) is 26.1 Å². The van der Waals surface area contributed by atoms with E-state index >= 15 is 0 Å². The highest BCUT2D eigenvalue weighted by molar-refractivity contribution is 7.99. The summed E-state index contributed by atoms with van der Waals surface area (Å²) in [6, 6.07) is 9.83. The first-order valence-electron chi connectivity index (χ1n) is 12.0. The number of hydrogen-bond donors (Lipinski definition) is 0. The van der Waals surface area contributed by atoms with E-state index in [1.807, 2.05) is 31.5 Å². The van der Waals surface area contributed by atoms with E-state index in [1.165, 1.54) is 12.1 Å². The molecule has 1 aliphatic heterocycles. The molecule has 2 unspecified atom stereocenters. The summed E-state index contributed by atoms with van der Waals surface area (Å²) >= 11 is 1.72. The third-order valence-electron chi connectivity index (χ3n) is 7.45. The van der Waals surface area contributed by atoms with Gasteiger partial charge in [0.05, 0.1) is 5.56 Å². The third kappa shape index (κ3) is 4.98. The second-order valence-corrected chi connectivity index (χ2v) is 11.0. The highest BCUT2D eigenvalue weighted by Crippen LogP contribution is 2.64. The lowest BCUT2D eigenvalue weighted by molar-refractivity contribution is -0.137. The number of rotatable bonds is 7. The van der Waals surface area contributed by atoms with Gasteiger partial charge in [-0.1, -0.05) is 23.9 Å². The molecule has 0 radical (unpaired) electrons. The van der Waals surface area contributed by atoms with Crippen molar-refractivity contribution in [2.45, 2.75) is 50.4 Å². The number of nitrogens with zero attached hydrogens (tertiary/aromatic N) is 5. The van der Waals surface area contributed by atoms with Gasteiger partial charge in [0, 0.05) is 36.3 Å². The summed E-state index contributed by atoms with van der Waals surface area (Å²) in [4.78, 5) is 7.04. The van der Waals surface area contributed by atoms with Gasteiger partial charge in [-0.25, -0.2) is 0 Å². The standard InChI is InChI=1S/C26H30F3N5S/c1-17-5-10-21(18(2)30-17)23-31-32-24(33(23)3)35-14-4-12-34-13-11-25(16-34)15-22(25)19-6-8-20(9-7-19)26(27,28)29/h5-10,22H,4,11-16H2,1-3H3. The van der Waals surface area contributed by atoms with Gasteiger partial charge in [-0.2, -0.15) is 13.2 Å². The zero-order valence-corrected chi connectivity index (χ0v) is 21.1. The molecule has 0 N–H and O–H groups in total. The fourth-order valence-corrected chi connectivity index (χ4v) is 6.23. The minimum atomic E-state index is -4.27. The van der Waals surface area contributed by atoms with Gasteiger partial charge in [-0.3, -0.25) is 4.98 Å². The molecule has 35 heavy (non-hydrogen) atoms. The Kier molecular flexibility index (Phi) is 6.42. The van der Waals surface area contributed by atoms with Crippen LogP contribution in [0, 0.1) is 19.3 Å². The van der Waals surface area contributed by atoms with Crippen LogP contribution in [0.1, 0.15) is 47.7 Å². The van der Waals surface area contributed by atoms with Crippen molar-refractivity contribution in [3.8, 4) is 11.4 Å². The number of pyridine rings is 1. The Morgan fingerprint density at radius 2 is 1.86 bits per heavy atom. The molecule has 2 atom stereocenters. The van der Waals surface area contributed by atoms with E-state index in [4.69, 9.17) is 0 Å². The summed E-state index contributed by atoms with van der Waals surface area (Å²) < 4.78 is 40.6. The summed E-state index contributed by atoms with van der Waals surface area (Å²) in [7, 11) is 2.00. The fraction of sp³-hybridized carbons (Fsp3) is 0.500. The molecule has 2 aromatic heterocycles. The fourth-order valence-electron chi connectivity index (χ4n) is 5.40. The Bertz CT molecular complexity index is 1210. The summed E-state index contributed by atoms with van der Waals surface area (Å²) in [6.45, 7) is 7.11. The van der Waals surface area contributed by atoms with E-state index in [0.717, 1.165) is 78.1 Å². The van der Waals surface area contributed by atoms with Crippen molar-refractivity contribution >= 4 is 11.8 Å². The molecule has 0 bridgehead atoms. The van der Waals surface area contributed by atoms with Crippen LogP contribution in [0.3, 0.4) is 0 Å². The molecule has 1 saturated carbocycles. The van der Waals surface area contributed by atoms with Crippen LogP contribution in [-0.4, -0.2) is 50.0 Å². The summed E-state index contributed by atoms with van der Waals surface area (Å²) in [5.74, 6) is 2.19. The van der Waals surface area contributed by atoms with Crippen molar-refractivity contribution in [1.29, 1.82) is 0 Å². The summed E-state index contributed by atoms with van der Waals surface area (Å²) in [6.07, 6.45) is -1.01. The summed E-state index contributed by atoms with van der Waals surface area (Å²) in [5, 5.41) is 9.69. The molecule has 0 amide bonds. The van der Waals surface area contributed by atoms with E-state index in [0.29, 0.717) is 5.92 Å². The number of hydrogen-bond acceptors (Lipinski definition) is 5. The second-order valence-electron chi connectivity index (χ2n) is 9.92. The van der Waals surface area contributed by atoms with Crippen molar-refractivity contribution in [2.24, 2.45) is 12.5 Å². The lowest BCUT2D eigenvalue weighted by atomic mass is 9.97. The van der Waals surface area contributed by atoms with E-state index in [9.17, 15) is 13.2 Å². The molecule has 1 aliphatic carbocycles. The first-order valence-corrected chi connectivity index (χ1v) is 13.0. The molecular formula is C26H30F3N5S. The van der Waals surface area contributed by atoms with Crippen LogP contribution in [-0.2, 0) is 13.2 Å². The van der Waals surface area contributed by atoms with Crippen LogP contribution in [0.5, 0.6) is 0 Å². The van der Waals surface area contributed by atoms with Crippen LogP contribution in [0.2, 0.25) is 0 Å². The van der Waals surface area contributed by atoms with Crippen LogP contribution < -0.4 is 0 Å². The third-order valence-corrected chi connectivity index (χ3v) is 8.55. The van der Waals surface area contributed by atoms with Gasteiger partial charge in [0.15, 0.2) is 11.0 Å². The molecule has 1 saturated heterocycles. The van der Waals surface area contributed by atoms with Crippen molar-refractivity contribution < 1.29 is 13.2 Å². The van der Waals surface area contributed by atoms with E-state index < -0.39 is 11.7 Å². The number of halogens is 3. The molecule has 2 fully saturated rings. The van der Waals surface area contributed by atoms with Crippen LogP contribution >= 0.6 is 11.8 Å². The number of aromatic nitrogens is 4. The first kappa shape index (κ1) is 24.3. The maximum Gasteiger partial charge on any atom is 0.416 e. The lowest BCUT2D eigenvalue weighted by Gasteiger charge is -2.16. The Morgan fingerprint density at radius 3 is 2.57 bits per heavy atom. The van der Waals surface area contributed by atoms with Crippen molar-refractivity contribution in [3.63, 3.8) is 0 Å². The Labute approximate surface area is 208 Å². The number of thioether (sulfide) groups is 1. The highest BCUT2D eigenvalue weighted by Gasteiger charge is 2.57. The van der Waals surface area contributed by atoms with Crippen molar-refractivity contribution in [2.75, 3.05) is 25.4 Å². The molecule has 186 valence electrons. The largest absolute Gasteiger partial charge is 0.416 e. The van der Waals surface area contributed by atoms with Gasteiger partial charge in [0.2, 0.25) is 0 Å². The Balaban J connectivity index is 1.10. The van der Waals surface area contributed by atoms with Crippen molar-refractivity contribution in [1.82, 2.24) is 24.6 Å². The van der Waals surface area contributed by atoms with Gasteiger partial charge >= 0.3 is 6.18 Å². The van der Waals surface area contributed by atoms with Crippen LogP contribution in [0.25, 0.3) is 11.4 Å². The Morgan fingerprint density at radius 1 is 1.09 bits per heavy atom. The minimum Gasteiger partial charge on any atom is -0.305 e. The number of aryl methyl sites for hydroxylation is 2. The molecule has 2 aliphatic rings. The zero-order chi connectivity index (χ0) is 24.8. The minimum absolute atomic E-state index is 0.255. The smallest absolute Gasteiger partial charge is 0.305 e. The molecular weight excluding hydrogens is 471 g/mol. The van der Waals surface area contributed by atoms with Gasteiger partial charge < -0.3 is 9.47 Å². The molecule has 3 heterocycles. The molecule has 5 nitrogen and oxygen atoms in total. The van der Waals surface area contributed by atoms with Crippen LogP contribution in [0.15, 0.2) is 41.6 Å². The maximum atomic E-state index is 12.8. The zero-order valence-electron chi connectivity index (χ0n) is 20.3. The number of alkyl halides is 3. The van der Waals surface area contributed by atoms with Gasteiger partial charge in [0.25, 0.3) is 0 Å². The predicted molar refractivity (Wildman–Crippen MR) is 131 cm³/mol. The lowest BCUT2D eigenvalue weighted by Crippen LogP contribution is -2.23. The summed E-state index contributed by atoms with van der Waals surface area (Å²) in [5.41, 5.74) is 3.69. The predicted octanol–water partition coefficient (Wildman–Crippen LogP) is 5.87. The van der Waals surface area contributed by atoms with Gasteiger partial charge in [0.1, 0.15) is 0 Å². The van der Waals surface area contributed by atoms with E-state index in [1.54, 1.807) is 23.9 Å². The Hall–Kier alpha value is -2.39. The number of likely N-dealkylation sites (tertiary alicyclic amines) is 1. The average molecular weight is 502 g/mol. The molecule has 1 spiro atoms. The van der Waals surface area contributed by atoms with Crippen LogP contribution in [0.4, 0.5) is 13.2 Å². The molecule has 1 aromatic carbocycles. The molecule has 3 aromatic rings. The molecule has 9 heteroatoms. The second kappa shape index (κ2) is 9.24.